The predicted octanol–water partition coefficient (Wildman–Crippen LogP) is 3.90. The minimum absolute atomic E-state index is 0.182. The van der Waals surface area contributed by atoms with Gasteiger partial charge in [-0.3, -0.25) is 4.79 Å². The largest absolute Gasteiger partial charge is 0.497 e. The first-order valence-electron chi connectivity index (χ1n) is 8.49. The Balaban J connectivity index is 1.63. The Morgan fingerprint density at radius 3 is 2.63 bits per heavy atom. The van der Waals surface area contributed by atoms with Gasteiger partial charge in [-0.15, -0.1) is 0 Å². The number of carbonyl (C=O) groups excluding carboxylic acids is 1. The molecule has 0 bridgehead atoms. The number of ether oxygens (including phenoxy) is 1. The fourth-order valence-corrected chi connectivity index (χ4v) is 2.96. The molecule has 0 aliphatic rings. The van der Waals surface area contributed by atoms with E-state index < -0.39 is 0 Å². The van der Waals surface area contributed by atoms with E-state index in [1.54, 1.807) is 43.6 Å². The van der Waals surface area contributed by atoms with Crippen LogP contribution in [-0.4, -0.2) is 27.6 Å². The maximum absolute atomic E-state index is 12.6. The molecule has 0 aliphatic carbocycles. The molecule has 4 rings (SSSR count). The molecule has 1 N–H and O–H groups in total. The van der Waals surface area contributed by atoms with E-state index >= 15 is 0 Å². The Morgan fingerprint density at radius 1 is 1.07 bits per heavy atom. The minimum atomic E-state index is -0.182. The van der Waals surface area contributed by atoms with Crippen LogP contribution in [0.1, 0.15) is 10.4 Å². The van der Waals surface area contributed by atoms with Crippen molar-refractivity contribution in [3.05, 3.63) is 72.4 Å². The third-order valence-corrected chi connectivity index (χ3v) is 4.36. The number of methoxy groups -OCH3 is 1. The Labute approximate surface area is 156 Å². The molecule has 2 heterocycles. The second-order valence-corrected chi connectivity index (χ2v) is 6.10. The van der Waals surface area contributed by atoms with Crippen LogP contribution in [0.5, 0.6) is 5.75 Å². The van der Waals surface area contributed by atoms with Gasteiger partial charge in [-0.05, 0) is 48.5 Å². The van der Waals surface area contributed by atoms with E-state index in [-0.39, 0.29) is 5.91 Å². The second-order valence-electron chi connectivity index (χ2n) is 6.10. The number of aromatic nitrogens is 3. The van der Waals surface area contributed by atoms with Crippen LogP contribution < -0.4 is 10.1 Å². The average Bonchev–Trinajstić information content (AvgIpc) is 3.05. The molecular weight excluding hydrogens is 340 g/mol. The number of rotatable bonds is 4. The van der Waals surface area contributed by atoms with Gasteiger partial charge in [-0.1, -0.05) is 12.1 Å². The van der Waals surface area contributed by atoms with Crippen LogP contribution in [0.4, 0.5) is 5.69 Å². The lowest BCUT2D eigenvalue weighted by molar-refractivity contribution is 0.102. The number of aryl methyl sites for hydroxylation is 1. The van der Waals surface area contributed by atoms with Crippen LogP contribution in [0, 0.1) is 0 Å². The van der Waals surface area contributed by atoms with Crippen molar-refractivity contribution in [2.45, 2.75) is 0 Å². The molecule has 0 radical (unpaired) electrons. The Morgan fingerprint density at radius 2 is 1.89 bits per heavy atom. The third kappa shape index (κ3) is 3.25. The highest BCUT2D eigenvalue weighted by molar-refractivity contribution is 6.05. The van der Waals surface area contributed by atoms with Gasteiger partial charge in [0.05, 0.1) is 7.11 Å². The number of nitrogens with zero attached hydrogens (tertiary/aromatic N) is 3. The van der Waals surface area contributed by atoms with E-state index in [9.17, 15) is 4.79 Å². The number of carbonyl (C=O) groups is 1. The average molecular weight is 358 g/mol. The Bertz CT molecular complexity index is 1120. The van der Waals surface area contributed by atoms with Crippen molar-refractivity contribution in [1.29, 1.82) is 0 Å². The monoisotopic (exact) mass is 358 g/mol. The van der Waals surface area contributed by atoms with Crippen molar-refractivity contribution in [1.82, 2.24) is 14.5 Å². The molecule has 0 aliphatic heterocycles. The van der Waals surface area contributed by atoms with Crippen molar-refractivity contribution < 1.29 is 9.53 Å². The fraction of sp³-hybridized carbons (Fsp3) is 0.0952. The zero-order chi connectivity index (χ0) is 18.8. The maximum atomic E-state index is 12.6. The number of imidazole rings is 1. The summed E-state index contributed by atoms with van der Waals surface area (Å²) in [6, 6.07) is 18.4. The summed E-state index contributed by atoms with van der Waals surface area (Å²) in [6.45, 7) is 0. The topological polar surface area (TPSA) is 69.0 Å². The molecule has 134 valence electrons. The van der Waals surface area contributed by atoms with Gasteiger partial charge < -0.3 is 14.6 Å². The number of amides is 1. The summed E-state index contributed by atoms with van der Waals surface area (Å²) in [5.41, 5.74) is 3.75. The molecule has 2 aromatic heterocycles. The van der Waals surface area contributed by atoms with Gasteiger partial charge >= 0.3 is 0 Å². The van der Waals surface area contributed by atoms with Gasteiger partial charge in [0, 0.05) is 30.1 Å². The van der Waals surface area contributed by atoms with Gasteiger partial charge in [0.25, 0.3) is 5.91 Å². The van der Waals surface area contributed by atoms with Gasteiger partial charge in [0.2, 0.25) is 0 Å². The van der Waals surface area contributed by atoms with E-state index in [2.05, 4.69) is 15.3 Å². The smallest absolute Gasteiger partial charge is 0.255 e. The lowest BCUT2D eigenvalue weighted by atomic mass is 10.1. The van der Waals surface area contributed by atoms with Crippen LogP contribution in [0.15, 0.2) is 66.9 Å². The predicted molar refractivity (Wildman–Crippen MR) is 105 cm³/mol. The Hall–Kier alpha value is -3.67. The zero-order valence-electron chi connectivity index (χ0n) is 15.0. The SMILES string of the molecule is COc1ccc(NC(=O)c2cccc(-c3nc4cccnc4n3C)c2)cc1. The molecule has 0 unspecified atom stereocenters. The Kier molecular flexibility index (Phi) is 4.30. The van der Waals surface area contributed by atoms with Crippen molar-refractivity contribution in [3.8, 4) is 17.1 Å². The summed E-state index contributed by atoms with van der Waals surface area (Å²) in [5, 5.41) is 2.90. The first-order valence-corrected chi connectivity index (χ1v) is 8.49. The molecule has 0 atom stereocenters. The van der Waals surface area contributed by atoms with E-state index in [0.717, 1.165) is 28.3 Å². The summed E-state index contributed by atoms with van der Waals surface area (Å²) >= 11 is 0. The van der Waals surface area contributed by atoms with Crippen molar-refractivity contribution >= 4 is 22.8 Å². The lowest BCUT2D eigenvalue weighted by Gasteiger charge is -2.08. The normalized spacial score (nSPS) is 10.7. The summed E-state index contributed by atoms with van der Waals surface area (Å²) < 4.78 is 7.06. The maximum Gasteiger partial charge on any atom is 0.255 e. The molecular formula is C21H18N4O2. The van der Waals surface area contributed by atoms with Crippen LogP contribution in [-0.2, 0) is 7.05 Å². The first-order chi connectivity index (χ1) is 13.2. The lowest BCUT2D eigenvalue weighted by Crippen LogP contribution is -2.12. The second kappa shape index (κ2) is 6.92. The van der Waals surface area contributed by atoms with Gasteiger partial charge in [-0.25, -0.2) is 9.97 Å². The van der Waals surface area contributed by atoms with Crippen LogP contribution in [0.2, 0.25) is 0 Å². The summed E-state index contributed by atoms with van der Waals surface area (Å²) in [5.74, 6) is 1.33. The van der Waals surface area contributed by atoms with Crippen LogP contribution in [0.25, 0.3) is 22.6 Å². The standard InChI is InChI=1S/C21H18N4O2/c1-25-19(24-18-7-4-12-22-20(18)25)14-5-3-6-15(13-14)21(26)23-16-8-10-17(27-2)11-9-16/h3-13H,1-2H3,(H,23,26). The molecule has 6 heteroatoms. The summed E-state index contributed by atoms with van der Waals surface area (Å²) in [4.78, 5) is 21.6. The van der Waals surface area contributed by atoms with Gasteiger partial charge in [-0.2, -0.15) is 0 Å². The number of fused-ring (bicyclic) bond motifs is 1. The first kappa shape index (κ1) is 16.8. The summed E-state index contributed by atoms with van der Waals surface area (Å²) in [6.07, 6.45) is 1.74. The molecule has 0 fully saturated rings. The summed E-state index contributed by atoms with van der Waals surface area (Å²) in [7, 11) is 3.53. The van der Waals surface area contributed by atoms with E-state index in [1.807, 2.05) is 41.9 Å². The van der Waals surface area contributed by atoms with Gasteiger partial charge in [0.1, 0.15) is 17.1 Å². The van der Waals surface area contributed by atoms with Crippen molar-refractivity contribution in [3.63, 3.8) is 0 Å². The number of hydrogen-bond acceptors (Lipinski definition) is 4. The number of benzene rings is 2. The van der Waals surface area contributed by atoms with Crippen LogP contribution >= 0.6 is 0 Å². The molecule has 2 aromatic carbocycles. The molecule has 1 amide bonds. The number of hydrogen-bond donors (Lipinski definition) is 1. The molecule has 0 spiro atoms. The number of nitrogens with one attached hydrogen (secondary N) is 1. The highest BCUT2D eigenvalue weighted by Gasteiger charge is 2.13. The van der Waals surface area contributed by atoms with Crippen molar-refractivity contribution in [2.24, 2.45) is 7.05 Å². The highest BCUT2D eigenvalue weighted by Crippen LogP contribution is 2.24. The number of anilines is 1. The van der Waals surface area contributed by atoms with Crippen LogP contribution in [0.3, 0.4) is 0 Å². The quantitative estimate of drug-likeness (QED) is 0.601. The zero-order valence-corrected chi connectivity index (χ0v) is 15.0. The molecule has 6 nitrogen and oxygen atoms in total. The van der Waals surface area contributed by atoms with E-state index in [0.29, 0.717) is 11.3 Å². The highest BCUT2D eigenvalue weighted by atomic mass is 16.5. The fourth-order valence-electron chi connectivity index (χ4n) is 2.96. The van der Waals surface area contributed by atoms with E-state index in [4.69, 9.17) is 4.74 Å². The van der Waals surface area contributed by atoms with E-state index in [1.165, 1.54) is 0 Å². The molecule has 0 saturated heterocycles. The number of pyridine rings is 1. The van der Waals surface area contributed by atoms with Crippen molar-refractivity contribution in [2.75, 3.05) is 12.4 Å². The molecule has 4 aromatic rings. The molecule has 0 saturated carbocycles. The molecule has 27 heavy (non-hydrogen) atoms. The third-order valence-electron chi connectivity index (χ3n) is 4.36. The minimum Gasteiger partial charge on any atom is -0.497 e. The van der Waals surface area contributed by atoms with Gasteiger partial charge in [0.15, 0.2) is 5.65 Å².